The predicted octanol–water partition coefficient (Wildman–Crippen LogP) is 2.72. The van der Waals surface area contributed by atoms with Crippen molar-refractivity contribution in [3.8, 4) is 0 Å². The Balaban J connectivity index is 2.26. The van der Waals surface area contributed by atoms with Crippen LogP contribution in [0.4, 0.5) is 5.69 Å². The molecular weight excluding hydrogens is 286 g/mol. The first-order valence-electron chi connectivity index (χ1n) is 6.81. The Morgan fingerprint density at radius 3 is 2.38 bits per heavy atom. The molecule has 112 valence electrons. The summed E-state index contributed by atoms with van der Waals surface area (Å²) in [6.45, 7) is 1.99. The number of aryl methyl sites for hydroxylation is 2. The zero-order valence-corrected chi connectivity index (χ0v) is 12.7. The fourth-order valence-corrected chi connectivity index (χ4v) is 3.13. The average molecular weight is 305 g/mol. The lowest BCUT2D eigenvalue weighted by atomic mass is 10.1. The maximum Gasteiger partial charge on any atom is 0.261 e. The monoisotopic (exact) mass is 305 g/mol. The van der Waals surface area contributed by atoms with Crippen LogP contribution in [0.25, 0.3) is 0 Å². The summed E-state index contributed by atoms with van der Waals surface area (Å²) in [6, 6.07) is 14.0. The predicted molar refractivity (Wildman–Crippen MR) is 83.8 cm³/mol. The van der Waals surface area contributed by atoms with Crippen LogP contribution < -0.4 is 4.72 Å². The molecular formula is C16H19NO3S. The maximum absolute atomic E-state index is 12.4. The molecule has 0 aliphatic heterocycles. The Hall–Kier alpha value is -1.85. The van der Waals surface area contributed by atoms with Gasteiger partial charge in [-0.05, 0) is 43.5 Å². The Kier molecular flexibility index (Phi) is 4.98. The van der Waals surface area contributed by atoms with Gasteiger partial charge in [0.05, 0.1) is 10.6 Å². The number of para-hydroxylation sites is 1. The maximum atomic E-state index is 12.4. The van der Waals surface area contributed by atoms with Crippen molar-refractivity contribution in [2.75, 3.05) is 11.3 Å². The van der Waals surface area contributed by atoms with Gasteiger partial charge in [-0.15, -0.1) is 0 Å². The number of nitrogens with one attached hydrogen (secondary N) is 1. The van der Waals surface area contributed by atoms with Crippen LogP contribution in [0.2, 0.25) is 0 Å². The SMILES string of the molecule is Cc1ccc(S(=O)(=O)Nc2ccccc2CCCO)cc1. The van der Waals surface area contributed by atoms with Crippen molar-refractivity contribution in [3.05, 3.63) is 59.7 Å². The molecule has 4 nitrogen and oxygen atoms in total. The molecule has 0 aliphatic carbocycles. The van der Waals surface area contributed by atoms with E-state index in [4.69, 9.17) is 5.11 Å². The number of sulfonamides is 1. The average Bonchev–Trinajstić information content (AvgIpc) is 2.46. The molecule has 0 amide bonds. The van der Waals surface area contributed by atoms with Gasteiger partial charge < -0.3 is 5.11 Å². The standard InChI is InChI=1S/C16H19NO3S/c1-13-8-10-15(11-9-13)21(19,20)17-16-7-3-2-5-14(16)6-4-12-18/h2-3,5,7-11,17-18H,4,6,12H2,1H3. The van der Waals surface area contributed by atoms with Crippen molar-refractivity contribution < 1.29 is 13.5 Å². The van der Waals surface area contributed by atoms with Gasteiger partial charge in [0.2, 0.25) is 0 Å². The van der Waals surface area contributed by atoms with Crippen molar-refractivity contribution in [2.24, 2.45) is 0 Å². The normalized spacial score (nSPS) is 11.3. The van der Waals surface area contributed by atoms with Crippen molar-refractivity contribution >= 4 is 15.7 Å². The number of hydrogen-bond acceptors (Lipinski definition) is 3. The smallest absolute Gasteiger partial charge is 0.261 e. The lowest BCUT2D eigenvalue weighted by Gasteiger charge is -2.12. The molecule has 0 bridgehead atoms. The van der Waals surface area contributed by atoms with Crippen LogP contribution in [0.1, 0.15) is 17.5 Å². The molecule has 21 heavy (non-hydrogen) atoms. The summed E-state index contributed by atoms with van der Waals surface area (Å²) in [7, 11) is -3.59. The van der Waals surface area contributed by atoms with Gasteiger partial charge >= 0.3 is 0 Å². The highest BCUT2D eigenvalue weighted by molar-refractivity contribution is 7.92. The van der Waals surface area contributed by atoms with E-state index < -0.39 is 10.0 Å². The fraction of sp³-hybridized carbons (Fsp3) is 0.250. The Bertz CT molecular complexity index is 694. The van der Waals surface area contributed by atoms with E-state index in [1.54, 1.807) is 36.4 Å². The van der Waals surface area contributed by atoms with Crippen LogP contribution >= 0.6 is 0 Å². The topological polar surface area (TPSA) is 66.4 Å². The number of hydrogen-bond donors (Lipinski definition) is 2. The van der Waals surface area contributed by atoms with Crippen LogP contribution in [0, 0.1) is 6.92 Å². The van der Waals surface area contributed by atoms with Gasteiger partial charge in [-0.2, -0.15) is 0 Å². The zero-order valence-electron chi connectivity index (χ0n) is 11.9. The lowest BCUT2D eigenvalue weighted by Crippen LogP contribution is -2.14. The van der Waals surface area contributed by atoms with Gasteiger partial charge in [0, 0.05) is 6.61 Å². The Morgan fingerprint density at radius 1 is 1.05 bits per heavy atom. The number of aliphatic hydroxyl groups is 1. The van der Waals surface area contributed by atoms with Crippen molar-refractivity contribution in [2.45, 2.75) is 24.7 Å². The molecule has 0 aromatic heterocycles. The first-order chi connectivity index (χ1) is 10.0. The minimum absolute atomic E-state index is 0.0824. The van der Waals surface area contributed by atoms with Crippen LogP contribution in [-0.2, 0) is 16.4 Å². The van der Waals surface area contributed by atoms with E-state index in [0.29, 0.717) is 18.5 Å². The summed E-state index contributed by atoms with van der Waals surface area (Å²) in [5.41, 5.74) is 2.45. The third-order valence-corrected chi connectivity index (χ3v) is 4.58. The molecule has 2 aromatic carbocycles. The number of benzene rings is 2. The van der Waals surface area contributed by atoms with Crippen LogP contribution in [0.3, 0.4) is 0 Å². The molecule has 0 aliphatic rings. The highest BCUT2D eigenvalue weighted by atomic mass is 32.2. The van der Waals surface area contributed by atoms with E-state index in [0.717, 1.165) is 11.1 Å². The van der Waals surface area contributed by atoms with Gasteiger partial charge in [-0.3, -0.25) is 4.72 Å². The number of aliphatic hydroxyl groups excluding tert-OH is 1. The molecule has 0 saturated heterocycles. The number of rotatable bonds is 6. The third-order valence-electron chi connectivity index (χ3n) is 3.20. The molecule has 2 aromatic rings. The van der Waals surface area contributed by atoms with E-state index in [9.17, 15) is 8.42 Å². The van der Waals surface area contributed by atoms with Gasteiger partial charge in [0.25, 0.3) is 10.0 Å². The van der Waals surface area contributed by atoms with Crippen LogP contribution in [0.5, 0.6) is 0 Å². The summed E-state index contributed by atoms with van der Waals surface area (Å²) in [4.78, 5) is 0.241. The molecule has 0 atom stereocenters. The molecule has 0 heterocycles. The van der Waals surface area contributed by atoms with Crippen molar-refractivity contribution in [3.63, 3.8) is 0 Å². The van der Waals surface area contributed by atoms with Crippen molar-refractivity contribution in [1.82, 2.24) is 0 Å². The molecule has 0 fully saturated rings. The first kappa shape index (κ1) is 15.5. The van der Waals surface area contributed by atoms with E-state index in [1.807, 2.05) is 19.1 Å². The molecule has 0 spiro atoms. The summed E-state index contributed by atoms with van der Waals surface area (Å²) in [6.07, 6.45) is 1.23. The van der Waals surface area contributed by atoms with Crippen molar-refractivity contribution in [1.29, 1.82) is 0 Å². The highest BCUT2D eigenvalue weighted by Crippen LogP contribution is 2.21. The lowest BCUT2D eigenvalue weighted by molar-refractivity contribution is 0.288. The zero-order chi connectivity index (χ0) is 15.3. The Morgan fingerprint density at radius 2 is 1.71 bits per heavy atom. The van der Waals surface area contributed by atoms with Crippen LogP contribution in [0.15, 0.2) is 53.4 Å². The Labute approximate surface area is 125 Å². The van der Waals surface area contributed by atoms with E-state index in [1.165, 1.54) is 0 Å². The minimum Gasteiger partial charge on any atom is -0.396 e. The van der Waals surface area contributed by atoms with Crippen LogP contribution in [-0.4, -0.2) is 20.1 Å². The summed E-state index contributed by atoms with van der Waals surface area (Å²) < 4.78 is 27.4. The second-order valence-corrected chi connectivity index (χ2v) is 6.59. The second-order valence-electron chi connectivity index (χ2n) is 4.90. The molecule has 2 rings (SSSR count). The largest absolute Gasteiger partial charge is 0.396 e. The first-order valence-corrected chi connectivity index (χ1v) is 8.29. The van der Waals surface area contributed by atoms with Gasteiger partial charge in [0.1, 0.15) is 0 Å². The van der Waals surface area contributed by atoms with Gasteiger partial charge in [0.15, 0.2) is 0 Å². The third kappa shape index (κ3) is 4.06. The van der Waals surface area contributed by atoms with Gasteiger partial charge in [-0.1, -0.05) is 35.9 Å². The second kappa shape index (κ2) is 6.74. The summed E-state index contributed by atoms with van der Waals surface area (Å²) in [5.74, 6) is 0. The molecule has 0 unspecified atom stereocenters. The summed E-state index contributed by atoms with van der Waals surface area (Å²) >= 11 is 0. The quantitative estimate of drug-likeness (QED) is 0.862. The molecule has 2 N–H and O–H groups in total. The molecule has 0 radical (unpaired) electrons. The summed E-state index contributed by atoms with van der Waals surface area (Å²) in [5, 5.41) is 8.92. The minimum atomic E-state index is -3.59. The fourth-order valence-electron chi connectivity index (χ4n) is 2.03. The molecule has 0 saturated carbocycles. The molecule has 5 heteroatoms. The number of anilines is 1. The van der Waals surface area contributed by atoms with E-state index >= 15 is 0 Å². The van der Waals surface area contributed by atoms with E-state index in [2.05, 4.69) is 4.72 Å². The van der Waals surface area contributed by atoms with E-state index in [-0.39, 0.29) is 11.5 Å². The van der Waals surface area contributed by atoms with Gasteiger partial charge in [-0.25, -0.2) is 8.42 Å². The highest BCUT2D eigenvalue weighted by Gasteiger charge is 2.15.